The van der Waals surface area contributed by atoms with Gasteiger partial charge in [0.15, 0.2) is 0 Å². The van der Waals surface area contributed by atoms with Crippen molar-refractivity contribution in [3.05, 3.63) is 76.8 Å². The Labute approximate surface area is 149 Å². The summed E-state index contributed by atoms with van der Waals surface area (Å²) in [7, 11) is 0. The van der Waals surface area contributed by atoms with Crippen molar-refractivity contribution in [1.82, 2.24) is 0 Å². The minimum absolute atomic E-state index is 0.0578. The van der Waals surface area contributed by atoms with Gasteiger partial charge in [-0.25, -0.2) is 0 Å². The summed E-state index contributed by atoms with van der Waals surface area (Å²) in [5, 5.41) is 23.6. The molecule has 0 radical (unpaired) electrons. The van der Waals surface area contributed by atoms with Crippen LogP contribution in [0.15, 0.2) is 66.2 Å². The Kier molecular flexibility index (Phi) is 4.69. The molecule has 2 N–H and O–H groups in total. The minimum Gasteiger partial charge on any atom is -0.506 e. The maximum atomic E-state index is 12.5. The van der Waals surface area contributed by atoms with Crippen molar-refractivity contribution in [2.24, 2.45) is 0 Å². The number of nitrogens with zero attached hydrogens (tertiary/aromatic N) is 1. The van der Waals surface area contributed by atoms with Crippen LogP contribution in [0.2, 0.25) is 5.02 Å². The third-order valence-corrected chi connectivity index (χ3v) is 3.99. The maximum Gasteiger partial charge on any atom is 0.266 e. The van der Waals surface area contributed by atoms with Crippen molar-refractivity contribution >= 4 is 40.0 Å². The summed E-state index contributed by atoms with van der Waals surface area (Å²) in [5.41, 5.74) is 1.12. The van der Waals surface area contributed by atoms with Crippen molar-refractivity contribution in [3.63, 3.8) is 0 Å². The lowest BCUT2D eigenvalue weighted by atomic mass is 10.1. The molecule has 0 spiro atoms. The van der Waals surface area contributed by atoms with E-state index in [2.05, 4.69) is 5.32 Å². The first-order valence-corrected chi connectivity index (χ1v) is 7.86. The van der Waals surface area contributed by atoms with Crippen molar-refractivity contribution in [1.29, 1.82) is 5.26 Å². The molecule has 0 aliphatic rings. The molecular weight excluding hydrogens is 336 g/mol. The number of hydrogen-bond acceptors (Lipinski definition) is 3. The third kappa shape index (κ3) is 3.63. The highest BCUT2D eigenvalue weighted by Crippen LogP contribution is 2.26. The second-order valence-electron chi connectivity index (χ2n) is 5.36. The van der Waals surface area contributed by atoms with Crippen LogP contribution in [0.25, 0.3) is 16.8 Å². The molecule has 0 bridgehead atoms. The van der Waals surface area contributed by atoms with Gasteiger partial charge >= 0.3 is 0 Å². The number of halogens is 1. The summed E-state index contributed by atoms with van der Waals surface area (Å²) in [6.45, 7) is 0. The number of nitrogens with one attached hydrogen (secondary N) is 1. The average Bonchev–Trinajstić information content (AvgIpc) is 2.63. The Morgan fingerprint density at radius 2 is 1.88 bits per heavy atom. The van der Waals surface area contributed by atoms with E-state index >= 15 is 0 Å². The van der Waals surface area contributed by atoms with E-state index in [4.69, 9.17) is 11.6 Å². The van der Waals surface area contributed by atoms with Crippen LogP contribution in [0.5, 0.6) is 5.75 Å². The zero-order chi connectivity index (χ0) is 17.8. The van der Waals surface area contributed by atoms with Crippen LogP contribution in [0.4, 0.5) is 5.69 Å². The van der Waals surface area contributed by atoms with Gasteiger partial charge in [-0.15, -0.1) is 0 Å². The van der Waals surface area contributed by atoms with Gasteiger partial charge in [-0.1, -0.05) is 54.1 Å². The normalized spacial score (nSPS) is 11.1. The van der Waals surface area contributed by atoms with E-state index in [0.717, 1.165) is 10.8 Å². The quantitative estimate of drug-likeness (QED) is 0.530. The largest absolute Gasteiger partial charge is 0.506 e. The highest BCUT2D eigenvalue weighted by Gasteiger charge is 2.11. The second kappa shape index (κ2) is 7.08. The highest BCUT2D eigenvalue weighted by atomic mass is 35.5. The van der Waals surface area contributed by atoms with E-state index < -0.39 is 5.91 Å². The number of carbonyl (C=O) groups excluding carboxylic acids is 1. The first-order valence-electron chi connectivity index (χ1n) is 7.48. The number of fused-ring (bicyclic) bond motifs is 1. The molecule has 4 nitrogen and oxygen atoms in total. The van der Waals surface area contributed by atoms with Crippen molar-refractivity contribution < 1.29 is 9.90 Å². The molecule has 0 saturated heterocycles. The molecule has 3 rings (SSSR count). The van der Waals surface area contributed by atoms with Gasteiger partial charge in [0.05, 0.1) is 5.02 Å². The number of amides is 1. The molecule has 0 unspecified atom stereocenters. The Morgan fingerprint density at radius 1 is 1.12 bits per heavy atom. The van der Waals surface area contributed by atoms with E-state index in [9.17, 15) is 15.2 Å². The van der Waals surface area contributed by atoms with E-state index in [1.54, 1.807) is 12.1 Å². The van der Waals surface area contributed by atoms with Gasteiger partial charge < -0.3 is 10.4 Å². The monoisotopic (exact) mass is 348 g/mol. The van der Waals surface area contributed by atoms with Gasteiger partial charge in [0.1, 0.15) is 17.4 Å². The number of benzene rings is 3. The smallest absolute Gasteiger partial charge is 0.266 e. The second-order valence-corrected chi connectivity index (χ2v) is 5.77. The van der Waals surface area contributed by atoms with Gasteiger partial charge in [-0.3, -0.25) is 4.79 Å². The topological polar surface area (TPSA) is 73.1 Å². The molecule has 0 atom stereocenters. The number of phenolic OH excluding ortho intramolecular Hbond substituents is 1. The van der Waals surface area contributed by atoms with Gasteiger partial charge in [0.2, 0.25) is 0 Å². The number of phenols is 1. The third-order valence-electron chi connectivity index (χ3n) is 3.69. The predicted molar refractivity (Wildman–Crippen MR) is 99.3 cm³/mol. The zero-order valence-corrected chi connectivity index (χ0v) is 13.8. The van der Waals surface area contributed by atoms with Crippen LogP contribution in [-0.4, -0.2) is 11.0 Å². The molecule has 122 valence electrons. The first kappa shape index (κ1) is 16.6. The van der Waals surface area contributed by atoms with E-state index in [1.807, 2.05) is 42.5 Å². The zero-order valence-electron chi connectivity index (χ0n) is 13.0. The van der Waals surface area contributed by atoms with E-state index in [0.29, 0.717) is 11.3 Å². The maximum absolute atomic E-state index is 12.5. The van der Waals surface area contributed by atoms with Crippen LogP contribution in [0, 0.1) is 11.3 Å². The van der Waals surface area contributed by atoms with Crippen LogP contribution in [0.3, 0.4) is 0 Å². The number of rotatable bonds is 3. The Balaban J connectivity index is 1.91. The molecule has 0 aliphatic carbocycles. The molecule has 3 aromatic rings. The van der Waals surface area contributed by atoms with E-state index in [1.165, 1.54) is 18.2 Å². The minimum atomic E-state index is -0.511. The van der Waals surface area contributed by atoms with Gasteiger partial charge in [-0.05, 0) is 35.2 Å². The van der Waals surface area contributed by atoms with Crippen LogP contribution >= 0.6 is 11.6 Å². The Morgan fingerprint density at radius 3 is 2.64 bits per heavy atom. The summed E-state index contributed by atoms with van der Waals surface area (Å²) >= 11 is 5.85. The van der Waals surface area contributed by atoms with Crippen molar-refractivity contribution in [3.8, 4) is 11.8 Å². The fraction of sp³-hybridized carbons (Fsp3) is 0. The summed E-state index contributed by atoms with van der Waals surface area (Å²) < 4.78 is 0. The molecule has 0 heterocycles. The molecule has 0 saturated carbocycles. The number of hydrogen-bond donors (Lipinski definition) is 2. The predicted octanol–water partition coefficient (Wildman–Crippen LogP) is 4.74. The fourth-order valence-corrected chi connectivity index (χ4v) is 2.64. The summed E-state index contributed by atoms with van der Waals surface area (Å²) in [5.74, 6) is -0.569. The fourth-order valence-electron chi connectivity index (χ4n) is 2.45. The standard InChI is InChI=1S/C20H13ClN2O2/c21-17-11-13(8-9-19(17)24)10-15(12-22)20(25)23-18-7-3-5-14-4-1-2-6-16(14)18/h1-11,24H,(H,23,25)/b15-10-. The van der Waals surface area contributed by atoms with Gasteiger partial charge in [0, 0.05) is 11.1 Å². The lowest BCUT2D eigenvalue weighted by Gasteiger charge is -2.08. The molecule has 0 fully saturated rings. The Bertz CT molecular complexity index is 1030. The summed E-state index contributed by atoms with van der Waals surface area (Å²) in [6, 6.07) is 19.6. The van der Waals surface area contributed by atoms with E-state index in [-0.39, 0.29) is 16.3 Å². The first-order chi connectivity index (χ1) is 12.1. The molecular formula is C20H13ClN2O2. The SMILES string of the molecule is N#C/C(=C/c1ccc(O)c(Cl)c1)C(=O)Nc1cccc2ccccc12. The summed E-state index contributed by atoms with van der Waals surface area (Å²) in [4.78, 5) is 12.5. The summed E-state index contributed by atoms with van der Waals surface area (Å²) in [6.07, 6.45) is 1.42. The average molecular weight is 349 g/mol. The van der Waals surface area contributed by atoms with Gasteiger partial charge in [-0.2, -0.15) is 5.26 Å². The van der Waals surface area contributed by atoms with Crippen LogP contribution in [0.1, 0.15) is 5.56 Å². The number of nitriles is 1. The van der Waals surface area contributed by atoms with Crippen molar-refractivity contribution in [2.75, 3.05) is 5.32 Å². The number of aromatic hydroxyl groups is 1. The molecule has 3 aromatic carbocycles. The molecule has 0 aromatic heterocycles. The molecule has 0 aliphatic heterocycles. The van der Waals surface area contributed by atoms with Crippen LogP contribution < -0.4 is 5.32 Å². The lowest BCUT2D eigenvalue weighted by Crippen LogP contribution is -2.13. The van der Waals surface area contributed by atoms with Gasteiger partial charge in [0.25, 0.3) is 5.91 Å². The molecule has 25 heavy (non-hydrogen) atoms. The molecule has 5 heteroatoms. The molecule has 1 amide bonds. The number of carbonyl (C=O) groups is 1. The highest BCUT2D eigenvalue weighted by molar-refractivity contribution is 6.32. The van der Waals surface area contributed by atoms with Crippen molar-refractivity contribution in [2.45, 2.75) is 0 Å². The number of anilines is 1. The lowest BCUT2D eigenvalue weighted by molar-refractivity contribution is -0.112. The Hall–Kier alpha value is -3.29. The van der Waals surface area contributed by atoms with Crippen LogP contribution in [-0.2, 0) is 4.79 Å².